The Hall–Kier alpha value is -1.69. The zero-order valence-electron chi connectivity index (χ0n) is 13.7. The Kier molecular flexibility index (Phi) is 6.58. The largest absolute Gasteiger partial charge is 0.355 e. The first-order chi connectivity index (χ1) is 10.7. The minimum Gasteiger partial charge on any atom is -0.355 e. The molecule has 0 aromatic carbocycles. The molecule has 0 saturated carbocycles. The van der Waals surface area contributed by atoms with Gasteiger partial charge in [-0.3, -0.25) is 9.78 Å². The molecule has 1 fully saturated rings. The van der Waals surface area contributed by atoms with Crippen molar-refractivity contribution in [1.29, 1.82) is 0 Å². The summed E-state index contributed by atoms with van der Waals surface area (Å²) in [6, 6.07) is 0. The lowest BCUT2D eigenvalue weighted by Crippen LogP contribution is -2.45. The van der Waals surface area contributed by atoms with Crippen LogP contribution in [0.5, 0.6) is 0 Å². The van der Waals surface area contributed by atoms with Crippen molar-refractivity contribution in [1.82, 2.24) is 20.2 Å². The highest BCUT2D eigenvalue weighted by atomic mass is 16.1. The van der Waals surface area contributed by atoms with Crippen LogP contribution in [0.2, 0.25) is 0 Å². The Bertz CT molecular complexity index is 449. The molecule has 6 nitrogen and oxygen atoms in total. The van der Waals surface area contributed by atoms with Gasteiger partial charge in [-0.1, -0.05) is 13.8 Å². The van der Waals surface area contributed by atoms with Crippen molar-refractivity contribution in [3.05, 3.63) is 18.6 Å². The van der Waals surface area contributed by atoms with Crippen LogP contribution in [-0.4, -0.2) is 60.0 Å². The molecule has 0 radical (unpaired) electrons. The minimum atomic E-state index is 0.0486. The third-order valence-corrected chi connectivity index (χ3v) is 4.29. The van der Waals surface area contributed by atoms with Crippen LogP contribution in [0.15, 0.2) is 18.6 Å². The number of aromatic nitrogens is 2. The number of hydrogen-bond donors (Lipinski definition) is 1. The van der Waals surface area contributed by atoms with Crippen LogP contribution in [-0.2, 0) is 4.79 Å². The summed E-state index contributed by atoms with van der Waals surface area (Å²) < 4.78 is 0. The zero-order valence-corrected chi connectivity index (χ0v) is 13.7. The highest BCUT2D eigenvalue weighted by Crippen LogP contribution is 2.20. The molecule has 1 N–H and O–H groups in total. The Balaban J connectivity index is 1.80. The van der Waals surface area contributed by atoms with Crippen molar-refractivity contribution >= 4 is 11.7 Å². The van der Waals surface area contributed by atoms with Crippen LogP contribution in [0, 0.1) is 5.92 Å². The summed E-state index contributed by atoms with van der Waals surface area (Å²) in [5, 5.41) is 3.08. The van der Waals surface area contributed by atoms with Crippen LogP contribution >= 0.6 is 0 Å². The number of hydrogen-bond acceptors (Lipinski definition) is 5. The summed E-state index contributed by atoms with van der Waals surface area (Å²) in [5.74, 6) is 1.08. The molecule has 0 unspecified atom stereocenters. The Labute approximate surface area is 132 Å². The molecule has 0 aliphatic carbocycles. The summed E-state index contributed by atoms with van der Waals surface area (Å²) in [4.78, 5) is 25.2. The van der Waals surface area contributed by atoms with E-state index in [1.807, 2.05) is 0 Å². The second kappa shape index (κ2) is 8.68. The zero-order chi connectivity index (χ0) is 15.8. The van der Waals surface area contributed by atoms with Gasteiger partial charge >= 0.3 is 0 Å². The van der Waals surface area contributed by atoms with Gasteiger partial charge in [-0.15, -0.1) is 0 Å². The van der Waals surface area contributed by atoms with Crippen molar-refractivity contribution in [2.75, 3.05) is 44.2 Å². The first kappa shape index (κ1) is 16.7. The van der Waals surface area contributed by atoms with E-state index in [0.29, 0.717) is 0 Å². The molecule has 0 spiro atoms. The van der Waals surface area contributed by atoms with E-state index < -0.39 is 0 Å². The molecular formula is C16H27N5O. The molecular weight excluding hydrogens is 278 g/mol. The number of nitrogens with one attached hydrogen (secondary N) is 1. The number of carbonyl (C=O) groups excluding carboxylic acids is 1. The molecule has 1 aromatic rings. The maximum Gasteiger partial charge on any atom is 0.224 e. The van der Waals surface area contributed by atoms with Crippen LogP contribution in [0.4, 0.5) is 5.82 Å². The second-order valence-electron chi connectivity index (χ2n) is 5.67. The van der Waals surface area contributed by atoms with Gasteiger partial charge in [0.1, 0.15) is 5.82 Å². The molecule has 1 atom stereocenters. The van der Waals surface area contributed by atoms with Gasteiger partial charge in [0.25, 0.3) is 0 Å². The number of nitrogens with zero attached hydrogens (tertiary/aromatic N) is 4. The van der Waals surface area contributed by atoms with Crippen molar-refractivity contribution in [3.8, 4) is 0 Å². The predicted molar refractivity (Wildman–Crippen MR) is 87.8 cm³/mol. The van der Waals surface area contributed by atoms with Crippen LogP contribution in [0.1, 0.15) is 26.7 Å². The van der Waals surface area contributed by atoms with Gasteiger partial charge in [-0.2, -0.15) is 0 Å². The lowest BCUT2D eigenvalue weighted by molar-refractivity contribution is -0.125. The fourth-order valence-corrected chi connectivity index (χ4v) is 2.88. The monoisotopic (exact) mass is 305 g/mol. The highest BCUT2D eigenvalue weighted by Gasteiger charge is 2.26. The number of rotatable bonds is 7. The van der Waals surface area contributed by atoms with Gasteiger partial charge < -0.3 is 15.1 Å². The first-order valence-electron chi connectivity index (χ1n) is 8.25. The third-order valence-electron chi connectivity index (χ3n) is 4.29. The van der Waals surface area contributed by atoms with E-state index >= 15 is 0 Å². The molecule has 2 rings (SSSR count). The molecule has 1 amide bonds. The van der Waals surface area contributed by atoms with Crippen molar-refractivity contribution in [2.45, 2.75) is 26.7 Å². The van der Waals surface area contributed by atoms with Crippen molar-refractivity contribution in [3.63, 3.8) is 0 Å². The smallest absolute Gasteiger partial charge is 0.224 e. The molecule has 2 heterocycles. The van der Waals surface area contributed by atoms with Crippen LogP contribution in [0.25, 0.3) is 0 Å². The Morgan fingerprint density at radius 1 is 1.41 bits per heavy atom. The number of piperidine rings is 1. The Morgan fingerprint density at radius 3 is 2.91 bits per heavy atom. The number of carbonyl (C=O) groups is 1. The van der Waals surface area contributed by atoms with E-state index in [1.54, 1.807) is 18.6 Å². The molecule has 6 heteroatoms. The first-order valence-corrected chi connectivity index (χ1v) is 8.25. The van der Waals surface area contributed by atoms with E-state index in [1.165, 1.54) is 0 Å². The van der Waals surface area contributed by atoms with E-state index in [2.05, 4.69) is 38.9 Å². The summed E-state index contributed by atoms with van der Waals surface area (Å²) in [5.41, 5.74) is 0. The second-order valence-corrected chi connectivity index (χ2v) is 5.67. The standard InChI is InChI=1S/C16H27N5O/c1-3-20(4-2)11-9-19-16(22)14-6-5-10-21(13-14)15-12-17-7-8-18-15/h7-8,12,14H,3-6,9-11,13H2,1-2H3,(H,19,22)/t14-/m0/s1. The fourth-order valence-electron chi connectivity index (χ4n) is 2.88. The molecule has 0 bridgehead atoms. The van der Waals surface area contributed by atoms with Gasteiger partial charge in [0.2, 0.25) is 5.91 Å². The average molecular weight is 305 g/mol. The van der Waals surface area contributed by atoms with Crippen LogP contribution < -0.4 is 10.2 Å². The Morgan fingerprint density at radius 2 is 2.23 bits per heavy atom. The quantitative estimate of drug-likeness (QED) is 0.819. The van der Waals surface area contributed by atoms with E-state index in [9.17, 15) is 4.79 Å². The van der Waals surface area contributed by atoms with E-state index in [0.717, 1.165) is 57.9 Å². The van der Waals surface area contributed by atoms with E-state index in [-0.39, 0.29) is 11.8 Å². The molecule has 1 aromatic heterocycles. The average Bonchev–Trinajstić information content (AvgIpc) is 2.59. The number of anilines is 1. The van der Waals surface area contributed by atoms with E-state index in [4.69, 9.17) is 0 Å². The van der Waals surface area contributed by atoms with Gasteiger partial charge in [0.15, 0.2) is 0 Å². The maximum atomic E-state index is 12.3. The lowest BCUT2D eigenvalue weighted by Gasteiger charge is -2.32. The van der Waals surface area contributed by atoms with Gasteiger partial charge in [0.05, 0.1) is 12.1 Å². The summed E-state index contributed by atoms with van der Waals surface area (Å²) >= 11 is 0. The summed E-state index contributed by atoms with van der Waals surface area (Å²) in [7, 11) is 0. The lowest BCUT2D eigenvalue weighted by atomic mass is 9.97. The van der Waals surface area contributed by atoms with Gasteiger partial charge in [-0.25, -0.2) is 4.98 Å². The molecule has 1 aliphatic heterocycles. The number of likely N-dealkylation sites (N-methyl/N-ethyl adjacent to an activating group) is 1. The minimum absolute atomic E-state index is 0.0486. The normalized spacial score (nSPS) is 18.5. The number of amides is 1. The topological polar surface area (TPSA) is 61.4 Å². The van der Waals surface area contributed by atoms with Crippen LogP contribution in [0.3, 0.4) is 0 Å². The fraction of sp³-hybridized carbons (Fsp3) is 0.688. The maximum absolute atomic E-state index is 12.3. The van der Waals surface area contributed by atoms with Gasteiger partial charge in [0, 0.05) is 38.6 Å². The van der Waals surface area contributed by atoms with Crippen molar-refractivity contribution in [2.24, 2.45) is 5.92 Å². The molecule has 1 saturated heterocycles. The molecule has 122 valence electrons. The molecule has 1 aliphatic rings. The predicted octanol–water partition coefficient (Wildman–Crippen LogP) is 1.15. The SMILES string of the molecule is CCN(CC)CCNC(=O)[C@H]1CCCN(c2cnccn2)C1. The highest BCUT2D eigenvalue weighted by molar-refractivity contribution is 5.79. The third kappa shape index (κ3) is 4.66. The van der Waals surface area contributed by atoms with Crippen molar-refractivity contribution < 1.29 is 4.79 Å². The molecule has 22 heavy (non-hydrogen) atoms. The summed E-state index contributed by atoms with van der Waals surface area (Å²) in [6.07, 6.45) is 7.10. The summed E-state index contributed by atoms with van der Waals surface area (Å²) in [6.45, 7) is 9.65. The van der Waals surface area contributed by atoms with Gasteiger partial charge in [-0.05, 0) is 25.9 Å².